The molecule has 29 heavy (non-hydrogen) atoms. The van der Waals surface area contributed by atoms with Crippen molar-refractivity contribution in [1.82, 2.24) is 19.9 Å². The molecule has 3 aromatic heterocycles. The average molecular weight is 410 g/mol. The molecule has 154 valence electrons. The summed E-state index contributed by atoms with van der Waals surface area (Å²) in [6, 6.07) is 5.80. The number of nitrogens with zero attached hydrogens (tertiary/aromatic N) is 3. The number of carboxylic acids is 1. The molecule has 3 aromatic rings. The van der Waals surface area contributed by atoms with Crippen molar-refractivity contribution >= 4 is 17.5 Å². The number of carbonyl (C=O) groups is 2. The average Bonchev–Trinajstić information content (AvgIpc) is 3.30. The summed E-state index contributed by atoms with van der Waals surface area (Å²) in [5.41, 5.74) is 3.70. The summed E-state index contributed by atoms with van der Waals surface area (Å²) in [4.78, 5) is 25.5. The fraction of sp³-hybridized carbons (Fsp3) is 0.333. The number of hydrogen-bond donors (Lipinski definition) is 2. The van der Waals surface area contributed by atoms with Gasteiger partial charge in [-0.2, -0.15) is 13.2 Å². The van der Waals surface area contributed by atoms with E-state index < -0.39 is 12.1 Å². The van der Waals surface area contributed by atoms with Gasteiger partial charge in [-0.15, -0.1) is 0 Å². The third-order valence-electron chi connectivity index (χ3n) is 4.33. The van der Waals surface area contributed by atoms with Gasteiger partial charge in [-0.3, -0.25) is 4.79 Å². The van der Waals surface area contributed by atoms with Crippen LogP contribution in [-0.4, -0.2) is 37.7 Å². The van der Waals surface area contributed by atoms with Gasteiger partial charge >= 0.3 is 12.1 Å². The molecule has 1 amide bonds. The molecule has 0 saturated carbocycles. The molecule has 8 nitrogen and oxygen atoms in total. The van der Waals surface area contributed by atoms with E-state index in [0.29, 0.717) is 12.3 Å². The van der Waals surface area contributed by atoms with Gasteiger partial charge in [0.2, 0.25) is 5.76 Å². The minimum absolute atomic E-state index is 0.207. The number of halogens is 3. The zero-order chi connectivity index (χ0) is 21.0. The van der Waals surface area contributed by atoms with E-state index in [-0.39, 0.29) is 5.91 Å². The first-order valence-corrected chi connectivity index (χ1v) is 8.74. The van der Waals surface area contributed by atoms with Crippen LogP contribution in [0.4, 0.5) is 13.2 Å². The molecule has 0 fully saturated rings. The van der Waals surface area contributed by atoms with Crippen LogP contribution >= 0.6 is 0 Å². The summed E-state index contributed by atoms with van der Waals surface area (Å²) in [6.07, 6.45) is 2.59. The molecule has 1 aliphatic carbocycles. The quantitative estimate of drug-likeness (QED) is 0.687. The first kappa shape index (κ1) is 20.4. The molecule has 4 rings (SSSR count). The van der Waals surface area contributed by atoms with Crippen LogP contribution in [0.1, 0.15) is 40.3 Å². The predicted octanol–water partition coefficient (Wildman–Crippen LogP) is 2.76. The second-order valence-corrected chi connectivity index (χ2v) is 6.31. The maximum absolute atomic E-state index is 12.3. The highest BCUT2D eigenvalue weighted by atomic mass is 19.4. The molecule has 0 radical (unpaired) electrons. The minimum atomic E-state index is -5.08. The van der Waals surface area contributed by atoms with Crippen molar-refractivity contribution in [2.45, 2.75) is 38.4 Å². The van der Waals surface area contributed by atoms with Crippen molar-refractivity contribution < 1.29 is 32.4 Å². The third kappa shape index (κ3) is 4.73. The maximum Gasteiger partial charge on any atom is 0.490 e. The highest BCUT2D eigenvalue weighted by molar-refractivity contribution is 5.93. The van der Waals surface area contributed by atoms with Gasteiger partial charge in [0, 0.05) is 11.8 Å². The van der Waals surface area contributed by atoms with Gasteiger partial charge in [-0.05, 0) is 37.8 Å². The van der Waals surface area contributed by atoms with E-state index in [4.69, 9.17) is 14.4 Å². The van der Waals surface area contributed by atoms with E-state index in [1.165, 1.54) is 0 Å². The second-order valence-electron chi connectivity index (χ2n) is 6.31. The lowest BCUT2D eigenvalue weighted by Crippen LogP contribution is -2.24. The molecule has 0 saturated heterocycles. The van der Waals surface area contributed by atoms with Gasteiger partial charge < -0.3 is 19.3 Å². The van der Waals surface area contributed by atoms with E-state index in [2.05, 4.69) is 15.5 Å². The number of pyridine rings is 1. The Morgan fingerprint density at radius 2 is 1.97 bits per heavy atom. The van der Waals surface area contributed by atoms with E-state index in [1.807, 2.05) is 28.8 Å². The van der Waals surface area contributed by atoms with Crippen molar-refractivity contribution in [2.75, 3.05) is 0 Å². The number of hydrogen-bond acceptors (Lipinski definition) is 5. The van der Waals surface area contributed by atoms with E-state index in [1.54, 1.807) is 6.20 Å². The van der Waals surface area contributed by atoms with Crippen LogP contribution in [0.5, 0.6) is 0 Å². The Bertz CT molecular complexity index is 1030. The topological polar surface area (TPSA) is 110 Å². The van der Waals surface area contributed by atoms with Crippen LogP contribution in [-0.2, 0) is 24.2 Å². The molecule has 0 aliphatic heterocycles. The number of alkyl halides is 3. The molecule has 0 atom stereocenters. The summed E-state index contributed by atoms with van der Waals surface area (Å²) in [7, 11) is 0. The number of aliphatic carboxylic acids is 1. The van der Waals surface area contributed by atoms with Gasteiger partial charge in [-0.25, -0.2) is 9.78 Å². The van der Waals surface area contributed by atoms with Crippen LogP contribution in [0.3, 0.4) is 0 Å². The Balaban J connectivity index is 0.000000298. The van der Waals surface area contributed by atoms with Crippen molar-refractivity contribution in [1.29, 1.82) is 0 Å². The van der Waals surface area contributed by atoms with E-state index in [9.17, 15) is 18.0 Å². The number of carbonyl (C=O) groups excluding carboxylic acids is 1. The highest BCUT2D eigenvalue weighted by Crippen LogP contribution is 2.23. The number of aryl methyl sites for hydroxylation is 1. The Morgan fingerprint density at radius 3 is 2.69 bits per heavy atom. The second kappa shape index (κ2) is 8.33. The molecule has 0 aromatic carbocycles. The molecule has 11 heteroatoms. The first-order valence-electron chi connectivity index (χ1n) is 8.74. The van der Waals surface area contributed by atoms with Gasteiger partial charge in [0.25, 0.3) is 5.91 Å². The van der Waals surface area contributed by atoms with Gasteiger partial charge in [0.1, 0.15) is 5.65 Å². The number of carboxylic acid groups (broad SMARTS) is 1. The molecule has 1 aliphatic rings. The zero-order valence-electron chi connectivity index (χ0n) is 15.1. The molecule has 0 unspecified atom stereocenters. The first-order chi connectivity index (χ1) is 13.8. The summed E-state index contributed by atoms with van der Waals surface area (Å²) in [5, 5.41) is 14.0. The molecule has 3 heterocycles. The Morgan fingerprint density at radius 1 is 1.24 bits per heavy atom. The Kier molecular flexibility index (Phi) is 5.85. The standard InChI is InChI=1S/C16H16N4O2.C2HF3O2/c21-16(15-12-5-1-2-6-13(12)19-22-15)18-10-11-9-17-14-7-3-4-8-20(11)14;3-2(4,5)1(6)7/h3-4,7-9H,1-2,5-6,10H2,(H,18,21);(H,6,7). The van der Waals surface area contributed by atoms with Gasteiger partial charge in [0.15, 0.2) is 0 Å². The number of aromatic nitrogens is 3. The van der Waals surface area contributed by atoms with Crippen molar-refractivity contribution in [3.05, 3.63) is 53.3 Å². The van der Waals surface area contributed by atoms with Crippen LogP contribution in [0.25, 0.3) is 5.65 Å². The van der Waals surface area contributed by atoms with Gasteiger partial charge in [-0.1, -0.05) is 11.2 Å². The van der Waals surface area contributed by atoms with Crippen LogP contribution in [0.2, 0.25) is 0 Å². The van der Waals surface area contributed by atoms with Crippen LogP contribution in [0.15, 0.2) is 35.1 Å². The SMILES string of the molecule is O=C(NCc1cnc2ccccn12)c1onc2c1CCCC2.O=C(O)C(F)(F)F. The normalized spacial score (nSPS) is 13.3. The van der Waals surface area contributed by atoms with E-state index in [0.717, 1.165) is 48.3 Å². The van der Waals surface area contributed by atoms with Crippen molar-refractivity contribution in [2.24, 2.45) is 0 Å². The smallest absolute Gasteiger partial charge is 0.475 e. The fourth-order valence-corrected chi connectivity index (χ4v) is 2.94. The lowest BCUT2D eigenvalue weighted by atomic mass is 9.96. The Labute approximate surface area is 162 Å². The van der Waals surface area contributed by atoms with Gasteiger partial charge in [0.05, 0.1) is 24.1 Å². The number of fused-ring (bicyclic) bond motifs is 2. The summed E-state index contributed by atoms with van der Waals surface area (Å²) in [5.74, 6) is -2.60. The number of amides is 1. The summed E-state index contributed by atoms with van der Waals surface area (Å²) >= 11 is 0. The van der Waals surface area contributed by atoms with Crippen LogP contribution in [0, 0.1) is 0 Å². The lowest BCUT2D eigenvalue weighted by molar-refractivity contribution is -0.192. The van der Waals surface area contributed by atoms with Crippen molar-refractivity contribution in [3.8, 4) is 0 Å². The molecular weight excluding hydrogens is 393 g/mol. The summed E-state index contributed by atoms with van der Waals surface area (Å²) < 4.78 is 38.9. The number of nitrogens with one attached hydrogen (secondary N) is 1. The molecule has 0 bridgehead atoms. The molecular formula is C18H17F3N4O4. The predicted molar refractivity (Wildman–Crippen MR) is 93.2 cm³/mol. The Hall–Kier alpha value is -3.37. The van der Waals surface area contributed by atoms with E-state index >= 15 is 0 Å². The highest BCUT2D eigenvalue weighted by Gasteiger charge is 2.38. The largest absolute Gasteiger partial charge is 0.490 e. The van der Waals surface area contributed by atoms with Crippen LogP contribution < -0.4 is 5.32 Å². The zero-order valence-corrected chi connectivity index (χ0v) is 15.1. The number of imidazole rings is 1. The number of rotatable bonds is 3. The molecule has 0 spiro atoms. The minimum Gasteiger partial charge on any atom is -0.475 e. The maximum atomic E-state index is 12.3. The third-order valence-corrected chi connectivity index (χ3v) is 4.33. The lowest BCUT2D eigenvalue weighted by Gasteiger charge is -2.09. The molecule has 2 N–H and O–H groups in total. The fourth-order valence-electron chi connectivity index (χ4n) is 2.94. The van der Waals surface area contributed by atoms with Crippen molar-refractivity contribution in [3.63, 3.8) is 0 Å². The monoisotopic (exact) mass is 410 g/mol. The summed E-state index contributed by atoms with van der Waals surface area (Å²) in [6.45, 7) is 0.402.